The van der Waals surface area contributed by atoms with Gasteiger partial charge in [0.15, 0.2) is 0 Å². The van der Waals surface area contributed by atoms with Crippen LogP contribution in [0.25, 0.3) is 0 Å². The molecular formula is C6H8N2O2. The Kier molecular flexibility index (Phi) is 1.80. The number of rotatable bonds is 1. The molecule has 10 heavy (non-hydrogen) atoms. The van der Waals surface area contributed by atoms with E-state index in [0.29, 0.717) is 12.1 Å². The fourth-order valence-corrected chi connectivity index (χ4v) is 0.831. The first kappa shape index (κ1) is 6.92. The van der Waals surface area contributed by atoms with E-state index in [4.69, 9.17) is 10.1 Å². The minimum atomic E-state index is -0.393. The van der Waals surface area contributed by atoms with Crippen molar-refractivity contribution in [2.45, 2.75) is 19.4 Å². The highest BCUT2D eigenvalue weighted by Gasteiger charge is 2.26. The third-order valence-corrected chi connectivity index (χ3v) is 1.25. The molecule has 1 unspecified atom stereocenters. The SMILES string of the molecule is CC1CC(=NC=N)C(=O)O1. The summed E-state index contributed by atoms with van der Waals surface area (Å²) in [5.41, 5.74) is 0.350. The maximum absolute atomic E-state index is 10.7. The van der Waals surface area contributed by atoms with Gasteiger partial charge in [0.2, 0.25) is 0 Å². The summed E-state index contributed by atoms with van der Waals surface area (Å²) < 4.78 is 4.75. The zero-order valence-corrected chi connectivity index (χ0v) is 5.63. The topological polar surface area (TPSA) is 62.5 Å². The molecule has 0 spiro atoms. The quantitative estimate of drug-likeness (QED) is 0.325. The van der Waals surface area contributed by atoms with Crippen LogP contribution in [0.15, 0.2) is 4.99 Å². The first-order valence-corrected chi connectivity index (χ1v) is 3.00. The summed E-state index contributed by atoms with van der Waals surface area (Å²) in [5.74, 6) is -0.393. The fraction of sp³-hybridized carbons (Fsp3) is 0.500. The number of carbonyl (C=O) groups excluding carboxylic acids is 1. The molecule has 1 saturated heterocycles. The van der Waals surface area contributed by atoms with E-state index in [1.54, 1.807) is 6.92 Å². The number of hydrogen-bond donors (Lipinski definition) is 1. The lowest BCUT2D eigenvalue weighted by molar-refractivity contribution is -0.136. The molecule has 1 aliphatic rings. The van der Waals surface area contributed by atoms with Crippen molar-refractivity contribution in [1.29, 1.82) is 5.41 Å². The number of carbonyl (C=O) groups is 1. The third-order valence-electron chi connectivity index (χ3n) is 1.25. The number of aliphatic imine (C=N–C) groups is 1. The zero-order chi connectivity index (χ0) is 7.56. The average molecular weight is 140 g/mol. The summed E-state index contributed by atoms with van der Waals surface area (Å²) in [6.07, 6.45) is 1.30. The number of nitrogens with one attached hydrogen (secondary N) is 1. The maximum atomic E-state index is 10.7. The number of hydrogen-bond acceptors (Lipinski definition) is 3. The Hall–Kier alpha value is -1.19. The summed E-state index contributed by atoms with van der Waals surface area (Å²) in [6.45, 7) is 1.80. The minimum Gasteiger partial charge on any atom is -0.458 e. The van der Waals surface area contributed by atoms with Gasteiger partial charge in [-0.05, 0) is 6.92 Å². The largest absolute Gasteiger partial charge is 0.458 e. The van der Waals surface area contributed by atoms with Crippen LogP contribution >= 0.6 is 0 Å². The van der Waals surface area contributed by atoms with Gasteiger partial charge in [-0.3, -0.25) is 5.41 Å². The monoisotopic (exact) mass is 140 g/mol. The van der Waals surface area contributed by atoms with E-state index in [-0.39, 0.29) is 6.10 Å². The molecule has 0 bridgehead atoms. The maximum Gasteiger partial charge on any atom is 0.353 e. The molecule has 1 fully saturated rings. The van der Waals surface area contributed by atoms with Crippen molar-refractivity contribution in [3.05, 3.63) is 0 Å². The van der Waals surface area contributed by atoms with Gasteiger partial charge < -0.3 is 4.74 Å². The molecular weight excluding hydrogens is 132 g/mol. The Morgan fingerprint density at radius 3 is 3.00 bits per heavy atom. The molecule has 1 rings (SSSR count). The predicted molar refractivity (Wildman–Crippen MR) is 36.4 cm³/mol. The van der Waals surface area contributed by atoms with Crippen molar-refractivity contribution in [3.8, 4) is 0 Å². The molecule has 4 heteroatoms. The highest BCUT2D eigenvalue weighted by Crippen LogP contribution is 2.10. The van der Waals surface area contributed by atoms with Crippen molar-refractivity contribution >= 4 is 18.0 Å². The van der Waals surface area contributed by atoms with Crippen LogP contribution in [-0.4, -0.2) is 24.1 Å². The highest BCUT2D eigenvalue weighted by atomic mass is 16.5. The van der Waals surface area contributed by atoms with E-state index in [1.165, 1.54) is 0 Å². The average Bonchev–Trinajstić information content (AvgIpc) is 2.13. The Balaban J connectivity index is 2.72. The second kappa shape index (κ2) is 2.60. The standard InChI is InChI=1S/C6H8N2O2/c1-4-2-5(8-3-7)6(9)10-4/h3-4,7H,2H2,1H3. The molecule has 1 atom stereocenters. The van der Waals surface area contributed by atoms with Gasteiger partial charge in [0.1, 0.15) is 18.2 Å². The van der Waals surface area contributed by atoms with Crippen LogP contribution in [0.1, 0.15) is 13.3 Å². The molecule has 1 N–H and O–H groups in total. The lowest BCUT2D eigenvalue weighted by Gasteiger charge is -1.94. The van der Waals surface area contributed by atoms with Crippen LogP contribution < -0.4 is 0 Å². The molecule has 0 saturated carbocycles. The molecule has 0 aromatic rings. The molecule has 1 aliphatic heterocycles. The Bertz CT molecular complexity index is 198. The number of ether oxygens (including phenoxy) is 1. The Morgan fingerprint density at radius 2 is 2.60 bits per heavy atom. The molecule has 0 amide bonds. The van der Waals surface area contributed by atoms with E-state index in [1.807, 2.05) is 0 Å². The van der Waals surface area contributed by atoms with Crippen LogP contribution in [0.5, 0.6) is 0 Å². The molecule has 54 valence electrons. The summed E-state index contributed by atoms with van der Waals surface area (Å²) in [7, 11) is 0. The molecule has 0 aromatic carbocycles. The van der Waals surface area contributed by atoms with Crippen LogP contribution in [0.2, 0.25) is 0 Å². The van der Waals surface area contributed by atoms with Gasteiger partial charge in [-0.1, -0.05) is 0 Å². The van der Waals surface area contributed by atoms with Crippen LogP contribution in [0.4, 0.5) is 0 Å². The predicted octanol–water partition coefficient (Wildman–Crippen LogP) is 0.370. The Labute approximate surface area is 58.4 Å². The second-order valence-corrected chi connectivity index (χ2v) is 2.12. The van der Waals surface area contributed by atoms with Gasteiger partial charge in [-0.25, -0.2) is 9.79 Å². The van der Waals surface area contributed by atoms with Gasteiger partial charge in [0.05, 0.1) is 0 Å². The van der Waals surface area contributed by atoms with Crippen LogP contribution in [0, 0.1) is 5.41 Å². The molecule has 4 nitrogen and oxygen atoms in total. The van der Waals surface area contributed by atoms with Gasteiger partial charge in [0.25, 0.3) is 0 Å². The van der Waals surface area contributed by atoms with E-state index < -0.39 is 5.97 Å². The molecule has 1 heterocycles. The molecule has 0 aromatic heterocycles. The van der Waals surface area contributed by atoms with Crippen molar-refractivity contribution in [1.82, 2.24) is 0 Å². The van der Waals surface area contributed by atoms with E-state index >= 15 is 0 Å². The molecule has 0 aliphatic carbocycles. The lowest BCUT2D eigenvalue weighted by Crippen LogP contribution is -2.05. The van der Waals surface area contributed by atoms with Gasteiger partial charge in [0, 0.05) is 6.42 Å². The van der Waals surface area contributed by atoms with Crippen molar-refractivity contribution in [2.75, 3.05) is 0 Å². The minimum absolute atomic E-state index is 0.0776. The Morgan fingerprint density at radius 1 is 1.90 bits per heavy atom. The van der Waals surface area contributed by atoms with Crippen LogP contribution in [-0.2, 0) is 9.53 Å². The van der Waals surface area contributed by atoms with E-state index in [9.17, 15) is 4.79 Å². The second-order valence-electron chi connectivity index (χ2n) is 2.12. The summed E-state index contributed by atoms with van der Waals surface area (Å²) >= 11 is 0. The molecule has 0 radical (unpaired) electrons. The van der Waals surface area contributed by atoms with Crippen molar-refractivity contribution in [3.63, 3.8) is 0 Å². The van der Waals surface area contributed by atoms with Gasteiger partial charge in [-0.15, -0.1) is 0 Å². The van der Waals surface area contributed by atoms with Crippen molar-refractivity contribution < 1.29 is 9.53 Å². The lowest BCUT2D eigenvalue weighted by atomic mass is 10.2. The highest BCUT2D eigenvalue weighted by molar-refractivity contribution is 6.39. The number of esters is 1. The summed E-state index contributed by atoms with van der Waals surface area (Å²) in [4.78, 5) is 14.3. The van der Waals surface area contributed by atoms with Crippen molar-refractivity contribution in [2.24, 2.45) is 4.99 Å². The summed E-state index contributed by atoms with van der Waals surface area (Å²) in [5, 5.41) is 6.60. The first-order chi connectivity index (χ1) is 4.74. The fourth-order valence-electron chi connectivity index (χ4n) is 0.831. The zero-order valence-electron chi connectivity index (χ0n) is 5.63. The smallest absolute Gasteiger partial charge is 0.353 e. The van der Waals surface area contributed by atoms with Crippen LogP contribution in [0.3, 0.4) is 0 Å². The van der Waals surface area contributed by atoms with E-state index in [2.05, 4.69) is 4.99 Å². The normalized spacial score (nSPS) is 28.7. The first-order valence-electron chi connectivity index (χ1n) is 3.00. The number of cyclic esters (lactones) is 1. The third kappa shape index (κ3) is 1.21. The van der Waals surface area contributed by atoms with Gasteiger partial charge >= 0.3 is 5.97 Å². The number of nitrogens with zero attached hydrogens (tertiary/aromatic N) is 1. The summed E-state index contributed by atoms with van der Waals surface area (Å²) in [6, 6.07) is 0. The van der Waals surface area contributed by atoms with E-state index in [0.717, 1.165) is 6.34 Å². The van der Waals surface area contributed by atoms with Gasteiger partial charge in [-0.2, -0.15) is 0 Å².